The number of amides is 2. The first-order chi connectivity index (χ1) is 16.0. The fourth-order valence-electron chi connectivity index (χ4n) is 4.62. The SMILES string of the molecule is O=C(C1CCCCN1C(=O)c1ccco1)N1CCN(S(=O)(=O)c2c[nH]c3ncccc23)CC1. The van der Waals surface area contributed by atoms with E-state index >= 15 is 0 Å². The summed E-state index contributed by atoms with van der Waals surface area (Å²) in [5.74, 6) is -0.200. The van der Waals surface area contributed by atoms with E-state index in [1.54, 1.807) is 40.3 Å². The Labute approximate surface area is 191 Å². The van der Waals surface area contributed by atoms with Gasteiger partial charge in [0.1, 0.15) is 16.6 Å². The highest BCUT2D eigenvalue weighted by atomic mass is 32.2. The van der Waals surface area contributed by atoms with Gasteiger partial charge < -0.3 is 19.2 Å². The van der Waals surface area contributed by atoms with Gasteiger partial charge in [-0.1, -0.05) is 0 Å². The zero-order valence-corrected chi connectivity index (χ0v) is 18.8. The molecule has 1 atom stereocenters. The average Bonchev–Trinajstić information content (AvgIpc) is 3.54. The highest BCUT2D eigenvalue weighted by Gasteiger charge is 2.38. The van der Waals surface area contributed by atoms with Gasteiger partial charge in [-0.3, -0.25) is 9.59 Å². The van der Waals surface area contributed by atoms with Crippen molar-refractivity contribution in [1.29, 1.82) is 0 Å². The molecule has 2 aliphatic heterocycles. The summed E-state index contributed by atoms with van der Waals surface area (Å²) in [6, 6.07) is 6.12. The van der Waals surface area contributed by atoms with Crippen LogP contribution in [0.5, 0.6) is 0 Å². The molecule has 11 heteroatoms. The van der Waals surface area contributed by atoms with E-state index in [9.17, 15) is 18.0 Å². The number of hydrogen-bond acceptors (Lipinski definition) is 6. The molecule has 2 aliphatic rings. The molecular formula is C22H25N5O5S. The number of likely N-dealkylation sites (tertiary alicyclic amines) is 1. The lowest BCUT2D eigenvalue weighted by Crippen LogP contribution is -2.57. The number of H-pyrrole nitrogens is 1. The van der Waals surface area contributed by atoms with Gasteiger partial charge in [0.2, 0.25) is 15.9 Å². The van der Waals surface area contributed by atoms with E-state index in [1.165, 1.54) is 16.8 Å². The molecule has 0 aliphatic carbocycles. The maximum atomic E-state index is 13.3. The lowest BCUT2D eigenvalue weighted by molar-refractivity contribution is -0.138. The van der Waals surface area contributed by atoms with E-state index in [-0.39, 0.29) is 48.6 Å². The van der Waals surface area contributed by atoms with Crippen LogP contribution in [-0.4, -0.2) is 83.1 Å². The first-order valence-electron chi connectivity index (χ1n) is 11.0. The Morgan fingerprint density at radius 3 is 2.64 bits per heavy atom. The normalized spacial score (nSPS) is 20.3. The molecule has 3 aromatic heterocycles. The monoisotopic (exact) mass is 471 g/mol. The minimum Gasteiger partial charge on any atom is -0.459 e. The van der Waals surface area contributed by atoms with Gasteiger partial charge in [-0.15, -0.1) is 0 Å². The number of piperidine rings is 1. The number of aromatic nitrogens is 2. The molecule has 3 aromatic rings. The number of nitrogens with one attached hydrogen (secondary N) is 1. The van der Waals surface area contributed by atoms with Gasteiger partial charge in [0, 0.05) is 50.5 Å². The number of fused-ring (bicyclic) bond motifs is 1. The highest BCUT2D eigenvalue weighted by molar-refractivity contribution is 7.89. The number of hydrogen-bond donors (Lipinski definition) is 1. The summed E-state index contributed by atoms with van der Waals surface area (Å²) >= 11 is 0. The van der Waals surface area contributed by atoms with Crippen molar-refractivity contribution in [3.63, 3.8) is 0 Å². The van der Waals surface area contributed by atoms with Gasteiger partial charge in [-0.05, 0) is 43.5 Å². The molecule has 33 heavy (non-hydrogen) atoms. The van der Waals surface area contributed by atoms with E-state index in [4.69, 9.17) is 4.42 Å². The van der Waals surface area contributed by atoms with Crippen LogP contribution >= 0.6 is 0 Å². The third-order valence-corrected chi connectivity index (χ3v) is 8.30. The van der Waals surface area contributed by atoms with Gasteiger partial charge in [-0.2, -0.15) is 4.31 Å². The fourth-order valence-corrected chi connectivity index (χ4v) is 6.19. The molecule has 2 fully saturated rings. The third-order valence-electron chi connectivity index (χ3n) is 6.36. The van der Waals surface area contributed by atoms with Crippen LogP contribution in [0.2, 0.25) is 0 Å². The zero-order chi connectivity index (χ0) is 23.0. The van der Waals surface area contributed by atoms with E-state index in [0.717, 1.165) is 12.8 Å². The van der Waals surface area contributed by atoms with Crippen molar-refractivity contribution in [1.82, 2.24) is 24.1 Å². The van der Waals surface area contributed by atoms with Crippen molar-refractivity contribution in [2.24, 2.45) is 0 Å². The molecule has 0 saturated carbocycles. The van der Waals surface area contributed by atoms with Crippen LogP contribution in [0.4, 0.5) is 0 Å². The Balaban J connectivity index is 1.28. The van der Waals surface area contributed by atoms with Crippen molar-refractivity contribution < 1.29 is 22.4 Å². The summed E-state index contributed by atoms with van der Waals surface area (Å²) in [5.41, 5.74) is 0.517. The third kappa shape index (κ3) is 3.91. The smallest absolute Gasteiger partial charge is 0.290 e. The molecule has 0 bridgehead atoms. The molecule has 0 radical (unpaired) electrons. The molecule has 2 amide bonds. The van der Waals surface area contributed by atoms with Crippen LogP contribution in [0.15, 0.2) is 52.2 Å². The lowest BCUT2D eigenvalue weighted by Gasteiger charge is -2.40. The Kier molecular flexibility index (Phi) is 5.67. The number of carbonyl (C=O) groups excluding carboxylic acids is 2. The zero-order valence-electron chi connectivity index (χ0n) is 18.0. The quantitative estimate of drug-likeness (QED) is 0.618. The standard InChI is InChI=1S/C22H25N5O5S/c28-21(17-6-1-2-9-27(17)22(29)18-7-4-14-32-18)25-10-12-26(13-11-25)33(30,31)19-15-24-20-16(19)5-3-8-23-20/h3-5,7-8,14-15,17H,1-2,6,9-13H2,(H,23,24). The second kappa shape index (κ2) is 8.64. The summed E-state index contributed by atoms with van der Waals surface area (Å²) in [7, 11) is -3.73. The average molecular weight is 472 g/mol. The van der Waals surface area contributed by atoms with Gasteiger partial charge >= 0.3 is 0 Å². The van der Waals surface area contributed by atoms with E-state index < -0.39 is 16.1 Å². The molecule has 10 nitrogen and oxygen atoms in total. The number of pyridine rings is 1. The highest BCUT2D eigenvalue weighted by Crippen LogP contribution is 2.26. The van der Waals surface area contributed by atoms with E-state index in [0.29, 0.717) is 24.0 Å². The summed E-state index contributed by atoms with van der Waals surface area (Å²) in [5, 5.41) is 0.547. The summed E-state index contributed by atoms with van der Waals surface area (Å²) in [6.07, 6.45) is 6.79. The van der Waals surface area contributed by atoms with Crippen molar-refractivity contribution in [3.05, 3.63) is 48.7 Å². The van der Waals surface area contributed by atoms with E-state index in [1.807, 2.05) is 0 Å². The van der Waals surface area contributed by atoms with Gasteiger partial charge in [0.15, 0.2) is 5.76 Å². The van der Waals surface area contributed by atoms with Crippen LogP contribution in [0.1, 0.15) is 29.8 Å². The number of furan rings is 1. The Hall–Kier alpha value is -3.18. The number of nitrogens with zero attached hydrogens (tertiary/aromatic N) is 4. The van der Waals surface area contributed by atoms with Crippen molar-refractivity contribution >= 4 is 32.9 Å². The molecule has 2 saturated heterocycles. The molecular weight excluding hydrogens is 446 g/mol. The maximum absolute atomic E-state index is 13.3. The molecule has 1 unspecified atom stereocenters. The molecule has 0 aromatic carbocycles. The Morgan fingerprint density at radius 2 is 1.88 bits per heavy atom. The van der Waals surface area contributed by atoms with Crippen LogP contribution in [0, 0.1) is 0 Å². The Morgan fingerprint density at radius 1 is 1.06 bits per heavy atom. The largest absolute Gasteiger partial charge is 0.459 e. The number of sulfonamides is 1. The minimum atomic E-state index is -3.73. The molecule has 5 rings (SSSR count). The number of carbonyl (C=O) groups is 2. The first-order valence-corrected chi connectivity index (χ1v) is 12.5. The van der Waals surface area contributed by atoms with Crippen molar-refractivity contribution in [2.75, 3.05) is 32.7 Å². The second-order valence-corrected chi connectivity index (χ2v) is 10.2. The van der Waals surface area contributed by atoms with E-state index in [2.05, 4.69) is 9.97 Å². The van der Waals surface area contributed by atoms with Crippen LogP contribution in [0.3, 0.4) is 0 Å². The predicted octanol–water partition coefficient (Wildman–Crippen LogP) is 1.68. The van der Waals surface area contributed by atoms with Crippen LogP contribution in [-0.2, 0) is 14.8 Å². The minimum absolute atomic E-state index is 0.136. The number of rotatable bonds is 4. The number of aromatic amines is 1. The van der Waals surface area contributed by atoms with Crippen molar-refractivity contribution in [3.8, 4) is 0 Å². The summed E-state index contributed by atoms with van der Waals surface area (Å²) in [4.78, 5) is 36.7. The second-order valence-electron chi connectivity index (χ2n) is 8.27. The van der Waals surface area contributed by atoms with Gasteiger partial charge in [0.05, 0.1) is 6.26 Å². The topological polar surface area (TPSA) is 120 Å². The molecule has 174 valence electrons. The van der Waals surface area contributed by atoms with Crippen LogP contribution < -0.4 is 0 Å². The summed E-state index contributed by atoms with van der Waals surface area (Å²) < 4.78 is 33.1. The number of piperazine rings is 1. The van der Waals surface area contributed by atoms with Crippen molar-refractivity contribution in [2.45, 2.75) is 30.2 Å². The fraction of sp³-hybridized carbons (Fsp3) is 0.409. The predicted molar refractivity (Wildman–Crippen MR) is 119 cm³/mol. The molecule has 1 N–H and O–H groups in total. The van der Waals surface area contributed by atoms with Gasteiger partial charge in [-0.25, -0.2) is 13.4 Å². The Bertz CT molecular complexity index is 1260. The first kappa shape index (κ1) is 21.7. The van der Waals surface area contributed by atoms with Crippen LogP contribution in [0.25, 0.3) is 11.0 Å². The van der Waals surface area contributed by atoms with Gasteiger partial charge in [0.25, 0.3) is 5.91 Å². The summed E-state index contributed by atoms with van der Waals surface area (Å²) in [6.45, 7) is 1.44. The molecule has 5 heterocycles. The molecule has 0 spiro atoms. The lowest BCUT2D eigenvalue weighted by atomic mass is 10.00. The maximum Gasteiger partial charge on any atom is 0.290 e.